The zero-order chi connectivity index (χ0) is 25.6. The standard InChI is InChI=1S/C27H30ClFN4O3/c1-13(2)20-19(21-15(4)14(3)9-30-24(21)34)8-5-16-10-31-26(23(29)22(16)20)36-25-17(11-32-27(28)33-25)12-35-18-6-7-18/h10-11,13-14,18H,5-9,12H2,1-4H3,(H,30,34). The molecule has 9 heteroatoms. The maximum absolute atomic E-state index is 16.2. The third kappa shape index (κ3) is 4.76. The first-order valence-corrected chi connectivity index (χ1v) is 12.8. The van der Waals surface area contributed by atoms with Crippen LogP contribution in [-0.2, 0) is 22.6 Å². The zero-order valence-electron chi connectivity index (χ0n) is 21.0. The Balaban J connectivity index is 1.58. The molecule has 0 spiro atoms. The predicted molar refractivity (Wildman–Crippen MR) is 134 cm³/mol. The lowest BCUT2D eigenvalue weighted by atomic mass is 9.75. The molecular weight excluding hydrogens is 483 g/mol. The number of nitrogens with zero attached hydrogens (tertiary/aromatic N) is 3. The molecule has 1 saturated carbocycles. The first-order chi connectivity index (χ1) is 17.2. The molecule has 190 valence electrons. The van der Waals surface area contributed by atoms with Crippen LogP contribution in [0.5, 0.6) is 11.8 Å². The second-order valence-electron chi connectivity index (χ2n) is 10.1. The largest absolute Gasteiger partial charge is 0.417 e. The van der Waals surface area contributed by atoms with Crippen LogP contribution in [0.4, 0.5) is 4.39 Å². The molecule has 1 atom stereocenters. The van der Waals surface area contributed by atoms with Crippen molar-refractivity contribution in [3.63, 3.8) is 0 Å². The van der Waals surface area contributed by atoms with Gasteiger partial charge in [0.1, 0.15) is 0 Å². The number of allylic oxidation sites excluding steroid dienone is 1. The zero-order valence-corrected chi connectivity index (χ0v) is 21.7. The van der Waals surface area contributed by atoms with Crippen molar-refractivity contribution in [3.8, 4) is 11.8 Å². The molecule has 0 bridgehead atoms. The molecule has 1 N–H and O–H groups in total. The van der Waals surface area contributed by atoms with Gasteiger partial charge in [0.05, 0.1) is 18.3 Å². The van der Waals surface area contributed by atoms with Crippen molar-refractivity contribution in [3.05, 3.63) is 56.9 Å². The van der Waals surface area contributed by atoms with Crippen molar-refractivity contribution in [1.82, 2.24) is 20.3 Å². The summed E-state index contributed by atoms with van der Waals surface area (Å²) in [6.45, 7) is 8.98. The molecule has 1 fully saturated rings. The molecule has 36 heavy (non-hydrogen) atoms. The molecule has 2 aromatic heterocycles. The van der Waals surface area contributed by atoms with Gasteiger partial charge in [-0.2, -0.15) is 4.98 Å². The van der Waals surface area contributed by atoms with Crippen LogP contribution in [0.2, 0.25) is 5.28 Å². The van der Waals surface area contributed by atoms with E-state index in [0.717, 1.165) is 35.1 Å². The lowest BCUT2D eigenvalue weighted by Crippen LogP contribution is -2.37. The van der Waals surface area contributed by atoms with Crippen molar-refractivity contribution in [2.24, 2.45) is 11.8 Å². The number of carbonyl (C=O) groups is 1. The van der Waals surface area contributed by atoms with Gasteiger partial charge >= 0.3 is 0 Å². The SMILES string of the molecule is CC1=C(C2=C(C(C)C)c3c(cnc(Oc4nc(Cl)ncc4COC4CC4)c3F)CC2)C(=O)NCC1C. The average Bonchev–Trinajstić information content (AvgIpc) is 3.67. The van der Waals surface area contributed by atoms with Crippen LogP contribution in [0, 0.1) is 17.7 Å². The molecule has 3 aliphatic rings. The number of halogens is 2. The highest BCUT2D eigenvalue weighted by Crippen LogP contribution is 2.44. The molecule has 1 amide bonds. The number of hydrogen-bond donors (Lipinski definition) is 1. The van der Waals surface area contributed by atoms with Crippen molar-refractivity contribution in [1.29, 1.82) is 0 Å². The minimum Gasteiger partial charge on any atom is -0.417 e. The Morgan fingerprint density at radius 1 is 1.19 bits per heavy atom. The third-order valence-electron chi connectivity index (χ3n) is 7.10. The van der Waals surface area contributed by atoms with E-state index >= 15 is 4.39 Å². The van der Waals surface area contributed by atoms with Crippen LogP contribution >= 0.6 is 11.6 Å². The Labute approximate surface area is 215 Å². The summed E-state index contributed by atoms with van der Waals surface area (Å²) in [5.74, 6) is -0.538. The maximum atomic E-state index is 16.2. The van der Waals surface area contributed by atoms with E-state index in [1.54, 1.807) is 6.20 Å². The highest BCUT2D eigenvalue weighted by molar-refractivity contribution is 6.28. The normalized spacial score (nSPS) is 20.1. The molecule has 1 unspecified atom stereocenters. The molecule has 3 heterocycles. The van der Waals surface area contributed by atoms with E-state index < -0.39 is 5.82 Å². The van der Waals surface area contributed by atoms with E-state index in [-0.39, 0.29) is 47.5 Å². The van der Waals surface area contributed by atoms with E-state index in [2.05, 4.69) is 27.2 Å². The van der Waals surface area contributed by atoms with Crippen LogP contribution in [0.3, 0.4) is 0 Å². The fraction of sp³-hybridized carbons (Fsp3) is 0.481. The van der Waals surface area contributed by atoms with Crippen molar-refractivity contribution in [2.75, 3.05) is 6.54 Å². The summed E-state index contributed by atoms with van der Waals surface area (Å²) in [6, 6.07) is 0. The second kappa shape index (κ2) is 9.90. The van der Waals surface area contributed by atoms with E-state index in [9.17, 15) is 4.79 Å². The van der Waals surface area contributed by atoms with E-state index in [1.165, 1.54) is 6.20 Å². The number of rotatable bonds is 7. The number of carbonyl (C=O) groups excluding carboxylic acids is 1. The van der Waals surface area contributed by atoms with Gasteiger partial charge in [0, 0.05) is 30.1 Å². The Morgan fingerprint density at radius 3 is 2.69 bits per heavy atom. The lowest BCUT2D eigenvalue weighted by Gasteiger charge is -2.32. The molecule has 5 rings (SSSR count). The quantitative estimate of drug-likeness (QED) is 0.488. The van der Waals surface area contributed by atoms with Crippen molar-refractivity contribution < 1.29 is 18.7 Å². The third-order valence-corrected chi connectivity index (χ3v) is 7.28. The van der Waals surface area contributed by atoms with E-state index in [4.69, 9.17) is 21.1 Å². The molecule has 0 aromatic carbocycles. The fourth-order valence-electron chi connectivity index (χ4n) is 4.88. The second-order valence-corrected chi connectivity index (χ2v) is 10.4. The van der Waals surface area contributed by atoms with Gasteiger partial charge < -0.3 is 14.8 Å². The minimum absolute atomic E-state index is 0.0107. The number of fused-ring (bicyclic) bond motifs is 1. The highest BCUT2D eigenvalue weighted by atomic mass is 35.5. The number of nitrogens with one attached hydrogen (secondary N) is 1. The Morgan fingerprint density at radius 2 is 1.97 bits per heavy atom. The number of pyridine rings is 1. The topological polar surface area (TPSA) is 86.2 Å². The number of aryl methyl sites for hydroxylation is 1. The fourth-order valence-corrected chi connectivity index (χ4v) is 5.01. The molecule has 0 saturated heterocycles. The number of aromatic nitrogens is 3. The molecular formula is C27H30ClFN4O3. The van der Waals surface area contributed by atoms with Gasteiger partial charge in [-0.05, 0) is 72.8 Å². The molecule has 2 aliphatic carbocycles. The summed E-state index contributed by atoms with van der Waals surface area (Å²) in [7, 11) is 0. The van der Waals surface area contributed by atoms with Gasteiger partial charge in [0.25, 0.3) is 11.8 Å². The molecule has 0 radical (unpaired) electrons. The molecule has 7 nitrogen and oxygen atoms in total. The highest BCUT2D eigenvalue weighted by Gasteiger charge is 2.34. The average molecular weight is 513 g/mol. The number of amides is 1. The lowest BCUT2D eigenvalue weighted by molar-refractivity contribution is -0.117. The first-order valence-electron chi connectivity index (χ1n) is 12.5. The van der Waals surface area contributed by atoms with Crippen LogP contribution in [-0.4, -0.2) is 33.5 Å². The van der Waals surface area contributed by atoms with Gasteiger partial charge in [0.15, 0.2) is 5.82 Å². The summed E-state index contributed by atoms with van der Waals surface area (Å²) >= 11 is 6.01. The summed E-state index contributed by atoms with van der Waals surface area (Å²) < 4.78 is 27.8. The summed E-state index contributed by atoms with van der Waals surface area (Å²) in [6.07, 6.45) is 6.68. The van der Waals surface area contributed by atoms with Gasteiger partial charge in [-0.1, -0.05) is 26.3 Å². The van der Waals surface area contributed by atoms with Gasteiger partial charge in [0.2, 0.25) is 11.2 Å². The van der Waals surface area contributed by atoms with Crippen LogP contribution in [0.1, 0.15) is 63.6 Å². The molecule has 2 aromatic rings. The number of ether oxygens (including phenoxy) is 2. The van der Waals surface area contributed by atoms with Crippen LogP contribution in [0.15, 0.2) is 29.1 Å². The van der Waals surface area contributed by atoms with Crippen molar-refractivity contribution in [2.45, 2.75) is 66.1 Å². The maximum Gasteiger partial charge on any atom is 0.258 e. The Bertz CT molecular complexity index is 1290. The Hall–Kier alpha value is -2.84. The van der Waals surface area contributed by atoms with Gasteiger partial charge in [-0.3, -0.25) is 4.79 Å². The number of hydrogen-bond acceptors (Lipinski definition) is 6. The van der Waals surface area contributed by atoms with E-state index in [1.807, 2.05) is 20.8 Å². The van der Waals surface area contributed by atoms with E-state index in [0.29, 0.717) is 36.1 Å². The van der Waals surface area contributed by atoms with Crippen LogP contribution in [0.25, 0.3) is 5.57 Å². The Kier molecular flexibility index (Phi) is 6.83. The summed E-state index contributed by atoms with van der Waals surface area (Å²) in [5, 5.41) is 2.98. The van der Waals surface area contributed by atoms with Crippen LogP contribution < -0.4 is 10.1 Å². The monoisotopic (exact) mass is 512 g/mol. The first kappa shape index (κ1) is 24.8. The van der Waals surface area contributed by atoms with Crippen molar-refractivity contribution >= 4 is 23.1 Å². The van der Waals surface area contributed by atoms with Gasteiger partial charge in [-0.25, -0.2) is 14.4 Å². The predicted octanol–water partition coefficient (Wildman–Crippen LogP) is 5.57. The van der Waals surface area contributed by atoms with Gasteiger partial charge in [-0.15, -0.1) is 0 Å². The summed E-state index contributed by atoms with van der Waals surface area (Å²) in [5.41, 5.74) is 5.27. The smallest absolute Gasteiger partial charge is 0.258 e. The minimum atomic E-state index is -0.570. The summed E-state index contributed by atoms with van der Waals surface area (Å²) in [4.78, 5) is 25.4. The molecule has 1 aliphatic heterocycles.